The van der Waals surface area contributed by atoms with Crippen LogP contribution >= 0.6 is 0 Å². The fourth-order valence-electron chi connectivity index (χ4n) is 1.99. The molecule has 0 bridgehead atoms. The summed E-state index contributed by atoms with van der Waals surface area (Å²) in [5, 5.41) is 0. The molecule has 0 aromatic carbocycles. The lowest BCUT2D eigenvalue weighted by Crippen LogP contribution is -2.51. The van der Waals surface area contributed by atoms with Crippen LogP contribution in [0.5, 0.6) is 0 Å². The third kappa shape index (κ3) is 2.76. The van der Waals surface area contributed by atoms with Gasteiger partial charge in [0.05, 0.1) is 0 Å². The number of amides is 1. The quantitative estimate of drug-likeness (QED) is 0.797. The van der Waals surface area contributed by atoms with Gasteiger partial charge in [0.25, 0.3) is 0 Å². The highest BCUT2D eigenvalue weighted by Crippen LogP contribution is 2.11. The van der Waals surface area contributed by atoms with E-state index in [0.29, 0.717) is 19.6 Å². The molecule has 1 aromatic heterocycles. The Balaban J connectivity index is 1.90. The van der Waals surface area contributed by atoms with Crippen LogP contribution in [0.25, 0.3) is 0 Å². The van der Waals surface area contributed by atoms with Crippen molar-refractivity contribution < 1.29 is 4.79 Å². The summed E-state index contributed by atoms with van der Waals surface area (Å²) in [5.41, 5.74) is 5.52. The molecule has 1 unspecified atom stereocenters. The summed E-state index contributed by atoms with van der Waals surface area (Å²) in [6.45, 7) is 5.23. The molecule has 1 amide bonds. The van der Waals surface area contributed by atoms with Gasteiger partial charge in [-0.05, 0) is 6.07 Å². The first-order valence-electron chi connectivity index (χ1n) is 6.23. The highest BCUT2D eigenvalue weighted by atomic mass is 16.2. The first-order chi connectivity index (χ1) is 8.72. The highest BCUT2D eigenvalue weighted by Gasteiger charge is 2.24. The number of carbonyl (C=O) groups is 1. The van der Waals surface area contributed by atoms with E-state index in [9.17, 15) is 4.79 Å². The minimum Gasteiger partial charge on any atom is -0.339 e. The van der Waals surface area contributed by atoms with Crippen molar-refractivity contribution in [2.75, 3.05) is 37.6 Å². The number of nitrogens with two attached hydrogens (primary N) is 1. The average Bonchev–Trinajstić information content (AvgIpc) is 2.47. The lowest BCUT2D eigenvalue weighted by atomic mass is 10.1. The minimum atomic E-state index is -0.0930. The zero-order valence-electron chi connectivity index (χ0n) is 10.6. The molecule has 0 radical (unpaired) electrons. The molecule has 1 saturated heterocycles. The van der Waals surface area contributed by atoms with Crippen molar-refractivity contribution in [3.8, 4) is 0 Å². The molecule has 6 heteroatoms. The SMILES string of the molecule is CC(CN)C(=O)N1CCN(c2ncccn2)CC1. The molecule has 1 aliphatic rings. The standard InChI is InChI=1S/C12H19N5O/c1-10(9-13)11(18)16-5-7-17(8-6-16)12-14-3-2-4-15-12/h2-4,10H,5-9,13H2,1H3. The summed E-state index contributed by atoms with van der Waals surface area (Å²) in [4.78, 5) is 24.4. The van der Waals surface area contributed by atoms with Crippen LogP contribution in [0.1, 0.15) is 6.92 Å². The molecule has 2 N–H and O–H groups in total. The lowest BCUT2D eigenvalue weighted by Gasteiger charge is -2.35. The summed E-state index contributed by atoms with van der Waals surface area (Å²) in [7, 11) is 0. The number of rotatable bonds is 3. The smallest absolute Gasteiger partial charge is 0.226 e. The molecule has 0 saturated carbocycles. The van der Waals surface area contributed by atoms with E-state index < -0.39 is 0 Å². The van der Waals surface area contributed by atoms with Gasteiger partial charge in [0.1, 0.15) is 0 Å². The van der Waals surface area contributed by atoms with Gasteiger partial charge in [0.15, 0.2) is 0 Å². The maximum absolute atomic E-state index is 12.0. The Bertz CT molecular complexity index is 389. The van der Waals surface area contributed by atoms with Gasteiger partial charge in [-0.3, -0.25) is 4.79 Å². The van der Waals surface area contributed by atoms with Crippen molar-refractivity contribution in [3.05, 3.63) is 18.5 Å². The fraction of sp³-hybridized carbons (Fsp3) is 0.583. The van der Waals surface area contributed by atoms with Gasteiger partial charge in [0, 0.05) is 51.0 Å². The van der Waals surface area contributed by atoms with Crippen molar-refractivity contribution in [1.29, 1.82) is 0 Å². The summed E-state index contributed by atoms with van der Waals surface area (Å²) < 4.78 is 0. The Morgan fingerprint density at radius 1 is 1.33 bits per heavy atom. The molecule has 1 fully saturated rings. The molecular weight excluding hydrogens is 230 g/mol. The second-order valence-corrected chi connectivity index (χ2v) is 4.50. The summed E-state index contributed by atoms with van der Waals surface area (Å²) in [6, 6.07) is 1.80. The van der Waals surface area contributed by atoms with Crippen molar-refractivity contribution in [1.82, 2.24) is 14.9 Å². The Kier molecular flexibility index (Phi) is 4.09. The van der Waals surface area contributed by atoms with E-state index in [2.05, 4.69) is 14.9 Å². The Morgan fingerprint density at radius 2 is 1.94 bits per heavy atom. The zero-order chi connectivity index (χ0) is 13.0. The normalized spacial score (nSPS) is 17.7. The van der Waals surface area contributed by atoms with Gasteiger partial charge >= 0.3 is 0 Å². The van der Waals surface area contributed by atoms with Gasteiger partial charge in [-0.15, -0.1) is 0 Å². The Labute approximate surface area is 107 Å². The maximum Gasteiger partial charge on any atom is 0.226 e. The number of nitrogens with zero attached hydrogens (tertiary/aromatic N) is 4. The summed E-state index contributed by atoms with van der Waals surface area (Å²) >= 11 is 0. The predicted octanol–water partition coefficient (Wildman–Crippen LogP) is -0.280. The van der Waals surface area contributed by atoms with Gasteiger partial charge in [-0.2, -0.15) is 0 Å². The van der Waals surface area contributed by atoms with E-state index in [1.807, 2.05) is 11.8 Å². The lowest BCUT2D eigenvalue weighted by molar-refractivity contribution is -0.134. The monoisotopic (exact) mass is 249 g/mol. The molecule has 98 valence electrons. The molecule has 2 heterocycles. The third-order valence-corrected chi connectivity index (χ3v) is 3.20. The van der Waals surface area contributed by atoms with Crippen molar-refractivity contribution in [3.63, 3.8) is 0 Å². The van der Waals surface area contributed by atoms with Crippen LogP contribution < -0.4 is 10.6 Å². The fourth-order valence-corrected chi connectivity index (χ4v) is 1.99. The van der Waals surface area contributed by atoms with Crippen LogP contribution in [0.2, 0.25) is 0 Å². The first-order valence-corrected chi connectivity index (χ1v) is 6.23. The van der Waals surface area contributed by atoms with Gasteiger partial charge in [-0.25, -0.2) is 9.97 Å². The second-order valence-electron chi connectivity index (χ2n) is 4.50. The highest BCUT2D eigenvalue weighted by molar-refractivity contribution is 5.79. The predicted molar refractivity (Wildman–Crippen MR) is 69.0 cm³/mol. The maximum atomic E-state index is 12.0. The number of piperazine rings is 1. The second kappa shape index (κ2) is 5.77. The number of hydrogen-bond donors (Lipinski definition) is 1. The van der Waals surface area contributed by atoms with Gasteiger partial charge < -0.3 is 15.5 Å². The van der Waals surface area contributed by atoms with Crippen LogP contribution in [0.15, 0.2) is 18.5 Å². The topological polar surface area (TPSA) is 75.4 Å². The van der Waals surface area contributed by atoms with Crippen LogP contribution in [-0.2, 0) is 4.79 Å². The number of hydrogen-bond acceptors (Lipinski definition) is 5. The Morgan fingerprint density at radius 3 is 2.50 bits per heavy atom. The summed E-state index contributed by atoms with van der Waals surface area (Å²) in [6.07, 6.45) is 3.46. The van der Waals surface area contributed by atoms with E-state index in [0.717, 1.165) is 19.0 Å². The number of carbonyl (C=O) groups excluding carboxylic acids is 1. The zero-order valence-corrected chi connectivity index (χ0v) is 10.6. The van der Waals surface area contributed by atoms with Gasteiger partial charge in [0.2, 0.25) is 11.9 Å². The van der Waals surface area contributed by atoms with Crippen LogP contribution in [0.3, 0.4) is 0 Å². The molecule has 6 nitrogen and oxygen atoms in total. The van der Waals surface area contributed by atoms with Crippen molar-refractivity contribution in [2.24, 2.45) is 11.7 Å². The van der Waals surface area contributed by atoms with E-state index in [1.165, 1.54) is 0 Å². The van der Waals surface area contributed by atoms with E-state index in [-0.39, 0.29) is 11.8 Å². The molecule has 0 spiro atoms. The third-order valence-electron chi connectivity index (χ3n) is 3.20. The molecular formula is C12H19N5O. The molecule has 1 atom stereocenters. The molecule has 1 aromatic rings. The van der Waals surface area contributed by atoms with Crippen molar-refractivity contribution in [2.45, 2.75) is 6.92 Å². The molecule has 1 aliphatic heterocycles. The molecule has 0 aliphatic carbocycles. The number of anilines is 1. The molecule has 18 heavy (non-hydrogen) atoms. The van der Waals surface area contributed by atoms with Gasteiger partial charge in [-0.1, -0.05) is 6.92 Å². The Hall–Kier alpha value is -1.69. The first kappa shape index (κ1) is 12.8. The molecule has 2 rings (SSSR count). The average molecular weight is 249 g/mol. The van der Waals surface area contributed by atoms with E-state index >= 15 is 0 Å². The van der Waals surface area contributed by atoms with Crippen LogP contribution in [0.4, 0.5) is 5.95 Å². The van der Waals surface area contributed by atoms with Crippen LogP contribution in [0, 0.1) is 5.92 Å². The van der Waals surface area contributed by atoms with E-state index in [4.69, 9.17) is 5.73 Å². The minimum absolute atomic E-state index is 0.0930. The summed E-state index contributed by atoms with van der Waals surface area (Å²) in [5.74, 6) is 0.784. The van der Waals surface area contributed by atoms with Crippen molar-refractivity contribution >= 4 is 11.9 Å². The van der Waals surface area contributed by atoms with E-state index in [1.54, 1.807) is 18.5 Å². The largest absolute Gasteiger partial charge is 0.339 e. The number of aromatic nitrogens is 2. The van der Waals surface area contributed by atoms with Crippen LogP contribution in [-0.4, -0.2) is 53.5 Å².